The molecule has 5 atom stereocenters. The van der Waals surface area contributed by atoms with Crippen LogP contribution < -0.4 is 26.0 Å². The third-order valence-corrected chi connectivity index (χ3v) is 11.2. The van der Waals surface area contributed by atoms with Crippen molar-refractivity contribution in [1.82, 2.24) is 31.2 Å². The Morgan fingerprint density at radius 3 is 2.35 bits per heavy atom. The van der Waals surface area contributed by atoms with Gasteiger partial charge in [-0.2, -0.15) is 13.2 Å². The van der Waals surface area contributed by atoms with Crippen LogP contribution >= 0.6 is 11.3 Å². The van der Waals surface area contributed by atoms with E-state index in [4.69, 9.17) is 4.74 Å². The number of rotatable bonds is 14. The number of carboxylic acids is 1. The number of carbonyl (C=O) groups excluding carboxylic acids is 3. The fourth-order valence-corrected chi connectivity index (χ4v) is 7.66. The van der Waals surface area contributed by atoms with Crippen LogP contribution in [0.2, 0.25) is 0 Å². The summed E-state index contributed by atoms with van der Waals surface area (Å²) in [6.07, 6.45) is -3.55. The van der Waals surface area contributed by atoms with E-state index in [1.54, 1.807) is 44.4 Å². The molecule has 1 aliphatic rings. The number of carbonyl (C=O) groups is 4. The predicted molar refractivity (Wildman–Crippen MR) is 197 cm³/mol. The number of carboxylic acid groups (broad SMARTS) is 1. The normalized spacial score (nSPS) is 17.8. The third kappa shape index (κ3) is 8.64. The monoisotopic (exact) mass is 770 g/mol. The first-order valence-corrected chi connectivity index (χ1v) is 18.7. The lowest BCUT2D eigenvalue weighted by Crippen LogP contribution is -2.65. The molecule has 4 aromatic rings. The maximum Gasteiger partial charge on any atom is 0.418 e. The highest BCUT2D eigenvalue weighted by molar-refractivity contribution is 7.09. The molecule has 1 unspecified atom stereocenters. The summed E-state index contributed by atoms with van der Waals surface area (Å²) in [4.78, 5) is 61.1. The lowest BCUT2D eigenvalue weighted by molar-refractivity contribution is -0.136. The first kappa shape index (κ1) is 40.1. The van der Waals surface area contributed by atoms with E-state index in [-0.39, 0.29) is 54.2 Å². The fourth-order valence-electron chi connectivity index (χ4n) is 6.69. The van der Waals surface area contributed by atoms with Crippen LogP contribution in [0.1, 0.15) is 90.9 Å². The summed E-state index contributed by atoms with van der Waals surface area (Å²) >= 11 is 1.08. The molecule has 0 saturated carbocycles. The van der Waals surface area contributed by atoms with Gasteiger partial charge in [-0.05, 0) is 54.0 Å². The Labute approximate surface area is 314 Å². The summed E-state index contributed by atoms with van der Waals surface area (Å²) in [6, 6.07) is 8.52. The summed E-state index contributed by atoms with van der Waals surface area (Å²) in [7, 11) is 1.55. The number of thiazole rings is 1. The number of aromatic amines is 1. The second kappa shape index (κ2) is 16.5. The van der Waals surface area contributed by atoms with Crippen molar-refractivity contribution < 1.29 is 42.2 Å². The number of para-hydroxylation sites is 1. The highest BCUT2D eigenvalue weighted by Gasteiger charge is 2.47. The number of benzene rings is 2. The number of amides is 4. The van der Waals surface area contributed by atoms with Crippen molar-refractivity contribution in [3.63, 3.8) is 0 Å². The number of aromatic nitrogens is 2. The first-order chi connectivity index (χ1) is 25.6. The number of aromatic carboxylic acids is 1. The van der Waals surface area contributed by atoms with Gasteiger partial charge in [-0.25, -0.2) is 14.6 Å². The first-order valence-electron chi connectivity index (χ1n) is 17.8. The summed E-state index contributed by atoms with van der Waals surface area (Å²) in [6.45, 7) is 7.60. The number of fused-ring (bicyclic) bond motifs is 3. The van der Waals surface area contributed by atoms with Crippen molar-refractivity contribution in [2.24, 2.45) is 11.8 Å². The molecule has 0 aliphatic heterocycles. The number of halogens is 3. The minimum absolute atomic E-state index is 0.0219. The molecule has 16 heteroatoms. The number of urea groups is 1. The van der Waals surface area contributed by atoms with E-state index < -0.39 is 53.2 Å². The molecular formula is C38H45F3N6O6S. The largest absolute Gasteiger partial charge is 0.497 e. The van der Waals surface area contributed by atoms with Gasteiger partial charge in [-0.1, -0.05) is 64.8 Å². The van der Waals surface area contributed by atoms with Crippen LogP contribution in [0.25, 0.3) is 10.9 Å². The average molecular weight is 771 g/mol. The van der Waals surface area contributed by atoms with Crippen molar-refractivity contribution in [2.45, 2.75) is 90.1 Å². The third-order valence-electron chi connectivity index (χ3n) is 10.3. The zero-order valence-corrected chi connectivity index (χ0v) is 31.5. The van der Waals surface area contributed by atoms with Crippen LogP contribution in [0, 0.1) is 11.8 Å². The molecule has 2 aromatic carbocycles. The Bertz CT molecular complexity index is 2000. The Kier molecular flexibility index (Phi) is 12.2. The number of nitrogens with zero attached hydrogens (tertiary/aromatic N) is 1. The van der Waals surface area contributed by atoms with Gasteiger partial charge in [0, 0.05) is 29.4 Å². The SMILES string of the molecule is CC[C@H](C)[C@H](NC(=O)NCc1ccc(OC)cc1)C(=O)NC1(C(=O)N[C@H](c2nc(C(=O)O)cs2)[C@@H](C)CC)CCc2[nH]c3c(C(F)(F)F)cccc3c2C1. The van der Waals surface area contributed by atoms with E-state index in [9.17, 15) is 37.5 Å². The molecule has 5 rings (SSSR count). The fraction of sp³-hybridized carbons (Fsp3) is 0.447. The minimum Gasteiger partial charge on any atom is -0.497 e. The number of H-pyrrole nitrogens is 1. The van der Waals surface area contributed by atoms with E-state index in [2.05, 4.69) is 31.2 Å². The van der Waals surface area contributed by atoms with E-state index in [1.807, 2.05) is 20.8 Å². The quantitative estimate of drug-likeness (QED) is 0.0848. The van der Waals surface area contributed by atoms with E-state index in [0.717, 1.165) is 23.0 Å². The van der Waals surface area contributed by atoms with Gasteiger partial charge < -0.3 is 36.1 Å². The lowest BCUT2D eigenvalue weighted by atomic mass is 9.78. The van der Waals surface area contributed by atoms with Gasteiger partial charge in [0.1, 0.15) is 22.3 Å². The molecule has 54 heavy (non-hydrogen) atoms. The zero-order chi connectivity index (χ0) is 39.4. The summed E-state index contributed by atoms with van der Waals surface area (Å²) < 4.78 is 47.4. The van der Waals surface area contributed by atoms with Gasteiger partial charge >= 0.3 is 18.2 Å². The van der Waals surface area contributed by atoms with Crippen molar-refractivity contribution in [1.29, 1.82) is 0 Å². The Hall–Kier alpha value is -5.12. The van der Waals surface area contributed by atoms with Crippen LogP contribution in [0.3, 0.4) is 0 Å². The second-order valence-corrected chi connectivity index (χ2v) is 14.7. The van der Waals surface area contributed by atoms with Crippen LogP contribution in [0.4, 0.5) is 18.0 Å². The second-order valence-electron chi connectivity index (χ2n) is 13.8. The molecule has 290 valence electrons. The molecule has 6 N–H and O–H groups in total. The Morgan fingerprint density at radius 1 is 1.04 bits per heavy atom. The van der Waals surface area contributed by atoms with Crippen LogP contribution in [0.5, 0.6) is 5.75 Å². The standard InChI is InChI=1S/C38H45F3N6O6S/c1-6-20(3)29(46-36(52)42-18-22-11-13-23(53-5)14-12-22)32(48)47-37(35(51)45-30(21(4)7-2)33-44-28(19-54-33)34(49)50)16-15-27-25(17-37)24-9-8-10-26(31(24)43-27)38(39,40)41/h8-14,19-21,29-30,43H,6-7,15-18H2,1-5H3,(H,45,51)(H,47,48)(H,49,50)(H2,42,46,52)/t20-,21-,29-,30-,37?/m0/s1. The molecule has 0 spiro atoms. The van der Waals surface area contributed by atoms with Crippen molar-refractivity contribution >= 4 is 46.1 Å². The molecular weight excluding hydrogens is 726 g/mol. The highest BCUT2D eigenvalue weighted by Crippen LogP contribution is 2.40. The van der Waals surface area contributed by atoms with Gasteiger partial charge in [0.15, 0.2) is 5.69 Å². The average Bonchev–Trinajstić information content (AvgIpc) is 3.79. The molecule has 2 aromatic heterocycles. The zero-order valence-electron chi connectivity index (χ0n) is 30.6. The number of aryl methyl sites for hydroxylation is 1. The molecule has 0 fully saturated rings. The number of alkyl halides is 3. The molecule has 12 nitrogen and oxygen atoms in total. The summed E-state index contributed by atoms with van der Waals surface area (Å²) in [5.74, 6) is -2.39. The smallest absolute Gasteiger partial charge is 0.418 e. The van der Waals surface area contributed by atoms with Crippen LogP contribution in [0.15, 0.2) is 47.8 Å². The topological polar surface area (TPSA) is 175 Å². The van der Waals surface area contributed by atoms with Crippen LogP contribution in [-0.4, -0.2) is 57.6 Å². The minimum atomic E-state index is -4.63. The number of nitrogens with one attached hydrogen (secondary N) is 5. The highest BCUT2D eigenvalue weighted by atomic mass is 32.1. The van der Waals surface area contributed by atoms with E-state index in [1.165, 1.54) is 11.4 Å². The van der Waals surface area contributed by atoms with E-state index >= 15 is 0 Å². The van der Waals surface area contributed by atoms with Gasteiger partial charge in [0.05, 0.1) is 24.2 Å². The Balaban J connectivity index is 1.48. The number of hydrogen-bond acceptors (Lipinski definition) is 7. The molecule has 4 amide bonds. The number of methoxy groups -OCH3 is 1. The molecule has 0 bridgehead atoms. The van der Waals surface area contributed by atoms with Gasteiger partial charge in [-0.3, -0.25) is 9.59 Å². The van der Waals surface area contributed by atoms with Crippen molar-refractivity contribution in [2.75, 3.05) is 7.11 Å². The maximum absolute atomic E-state index is 14.7. The molecule has 0 saturated heterocycles. The lowest BCUT2D eigenvalue weighted by Gasteiger charge is -2.39. The Morgan fingerprint density at radius 2 is 1.74 bits per heavy atom. The number of ether oxygens (including phenoxy) is 1. The molecule has 0 radical (unpaired) electrons. The summed E-state index contributed by atoms with van der Waals surface area (Å²) in [5.41, 5.74) is -1.00. The van der Waals surface area contributed by atoms with Crippen molar-refractivity contribution in [3.8, 4) is 5.75 Å². The van der Waals surface area contributed by atoms with Gasteiger partial charge in [0.25, 0.3) is 0 Å². The molecule has 1 aliphatic carbocycles. The maximum atomic E-state index is 14.7. The summed E-state index contributed by atoms with van der Waals surface area (Å²) in [5, 5.41) is 23.1. The number of hydrogen-bond donors (Lipinski definition) is 6. The predicted octanol–water partition coefficient (Wildman–Crippen LogP) is 6.51. The van der Waals surface area contributed by atoms with Gasteiger partial charge in [0.2, 0.25) is 11.8 Å². The van der Waals surface area contributed by atoms with Gasteiger partial charge in [-0.15, -0.1) is 11.3 Å². The van der Waals surface area contributed by atoms with E-state index in [0.29, 0.717) is 34.9 Å². The van der Waals surface area contributed by atoms with Crippen molar-refractivity contribution in [3.05, 3.63) is 80.9 Å². The van der Waals surface area contributed by atoms with Crippen LogP contribution in [-0.2, 0) is 35.2 Å². The molecule has 2 heterocycles.